The van der Waals surface area contributed by atoms with Crippen molar-refractivity contribution in [2.24, 2.45) is 0 Å². The minimum Gasteiger partial charge on any atom is -0.491 e. The second kappa shape index (κ2) is 9.05. The number of hydrogen-bond acceptors (Lipinski definition) is 4. The topological polar surface area (TPSA) is 75.7 Å². The minimum atomic E-state index is -3.87. The van der Waals surface area contributed by atoms with Crippen molar-refractivity contribution in [3.63, 3.8) is 0 Å². The zero-order chi connectivity index (χ0) is 20.9. The van der Waals surface area contributed by atoms with E-state index >= 15 is 0 Å². The fourth-order valence-electron chi connectivity index (χ4n) is 2.71. The van der Waals surface area contributed by atoms with E-state index in [2.05, 4.69) is 5.32 Å². The predicted molar refractivity (Wildman–Crippen MR) is 107 cm³/mol. The molecule has 1 atom stereocenters. The molecule has 0 fully saturated rings. The summed E-state index contributed by atoms with van der Waals surface area (Å²) >= 11 is 0. The Morgan fingerprint density at radius 1 is 1.11 bits per heavy atom. The number of halogens is 1. The smallest absolute Gasteiger partial charge is 0.243 e. The Bertz CT molecular complexity index is 914. The summed E-state index contributed by atoms with van der Waals surface area (Å²) in [4.78, 5) is 12.5. The van der Waals surface area contributed by atoms with Crippen LogP contribution >= 0.6 is 0 Å². The molecule has 2 aromatic rings. The van der Waals surface area contributed by atoms with Crippen molar-refractivity contribution >= 4 is 21.6 Å². The highest BCUT2D eigenvalue weighted by Crippen LogP contribution is 2.24. The highest BCUT2D eigenvalue weighted by Gasteiger charge is 2.30. The molecule has 0 aromatic heterocycles. The lowest BCUT2D eigenvalue weighted by atomic mass is 10.2. The average molecular weight is 408 g/mol. The van der Waals surface area contributed by atoms with Gasteiger partial charge in [0, 0.05) is 6.54 Å². The first kappa shape index (κ1) is 21.7. The van der Waals surface area contributed by atoms with Gasteiger partial charge in [-0.05, 0) is 50.6 Å². The van der Waals surface area contributed by atoms with Crippen molar-refractivity contribution in [3.8, 4) is 5.75 Å². The molecule has 8 heteroatoms. The molecule has 0 spiro atoms. The minimum absolute atomic E-state index is 0.0618. The second-order valence-corrected chi connectivity index (χ2v) is 8.57. The highest BCUT2D eigenvalue weighted by atomic mass is 32.2. The van der Waals surface area contributed by atoms with E-state index in [1.807, 2.05) is 26.0 Å². The molecule has 0 saturated heterocycles. The Morgan fingerprint density at radius 3 is 2.25 bits per heavy atom. The second-order valence-electron chi connectivity index (χ2n) is 6.71. The van der Waals surface area contributed by atoms with Crippen molar-refractivity contribution in [1.29, 1.82) is 0 Å². The summed E-state index contributed by atoms with van der Waals surface area (Å²) in [6, 6.07) is 11.6. The van der Waals surface area contributed by atoms with Crippen LogP contribution in [0.5, 0.6) is 5.75 Å². The van der Waals surface area contributed by atoms with E-state index in [-0.39, 0.29) is 18.3 Å². The summed E-state index contributed by atoms with van der Waals surface area (Å²) in [5.74, 6) is -0.522. The number of nitrogens with zero attached hydrogens (tertiary/aromatic N) is 1. The molecule has 2 rings (SSSR count). The fraction of sp³-hybridized carbons (Fsp3) is 0.350. The number of para-hydroxylation sites is 1. The third kappa shape index (κ3) is 5.69. The number of amides is 1. The van der Waals surface area contributed by atoms with Crippen molar-refractivity contribution in [2.75, 3.05) is 10.6 Å². The summed E-state index contributed by atoms with van der Waals surface area (Å²) in [6.45, 7) is 5.49. The average Bonchev–Trinajstić information content (AvgIpc) is 2.61. The van der Waals surface area contributed by atoms with Gasteiger partial charge in [-0.15, -0.1) is 0 Å². The molecule has 2 aromatic carbocycles. The SMILES string of the molecule is CC(C)Oc1ccc(CNC(=O)C(C)N(c2ccccc2F)S(C)(=O)=O)cc1. The van der Waals surface area contributed by atoms with E-state index in [9.17, 15) is 17.6 Å². The largest absolute Gasteiger partial charge is 0.491 e. The van der Waals surface area contributed by atoms with Gasteiger partial charge in [0.15, 0.2) is 0 Å². The molecule has 0 bridgehead atoms. The zero-order valence-corrected chi connectivity index (χ0v) is 17.2. The molecule has 152 valence electrons. The van der Waals surface area contributed by atoms with Crippen LogP contribution in [-0.2, 0) is 21.4 Å². The Balaban J connectivity index is 2.10. The van der Waals surface area contributed by atoms with Gasteiger partial charge in [0.2, 0.25) is 15.9 Å². The van der Waals surface area contributed by atoms with E-state index < -0.39 is 27.8 Å². The Hall–Kier alpha value is -2.61. The molecule has 6 nitrogen and oxygen atoms in total. The van der Waals surface area contributed by atoms with E-state index in [4.69, 9.17) is 4.74 Å². The van der Waals surface area contributed by atoms with E-state index in [1.54, 1.807) is 12.1 Å². The molecule has 0 heterocycles. The fourth-order valence-corrected chi connectivity index (χ4v) is 3.88. The van der Waals surface area contributed by atoms with E-state index in [0.29, 0.717) is 0 Å². The lowest BCUT2D eigenvalue weighted by Crippen LogP contribution is -2.48. The van der Waals surface area contributed by atoms with Gasteiger partial charge < -0.3 is 10.1 Å². The molecular weight excluding hydrogens is 383 g/mol. The van der Waals surface area contributed by atoms with Gasteiger partial charge in [0.05, 0.1) is 18.0 Å². The van der Waals surface area contributed by atoms with Crippen LogP contribution in [0.25, 0.3) is 0 Å². The van der Waals surface area contributed by atoms with Gasteiger partial charge in [0.25, 0.3) is 0 Å². The number of carbonyl (C=O) groups excluding carboxylic acids is 1. The molecule has 1 amide bonds. The summed E-state index contributed by atoms with van der Waals surface area (Å²) in [5.41, 5.74) is 0.663. The van der Waals surface area contributed by atoms with Gasteiger partial charge in [-0.3, -0.25) is 9.10 Å². The van der Waals surface area contributed by atoms with Gasteiger partial charge in [-0.2, -0.15) is 0 Å². The lowest BCUT2D eigenvalue weighted by molar-refractivity contribution is -0.122. The quantitative estimate of drug-likeness (QED) is 0.728. The number of ether oxygens (including phenoxy) is 1. The van der Waals surface area contributed by atoms with Crippen LogP contribution in [-0.4, -0.2) is 32.7 Å². The molecule has 1 unspecified atom stereocenters. The summed E-state index contributed by atoms with van der Waals surface area (Å²) in [5, 5.41) is 2.69. The van der Waals surface area contributed by atoms with Crippen molar-refractivity contribution in [1.82, 2.24) is 5.32 Å². The van der Waals surface area contributed by atoms with Gasteiger partial charge in [-0.1, -0.05) is 24.3 Å². The van der Waals surface area contributed by atoms with Crippen molar-refractivity contribution in [2.45, 2.75) is 39.5 Å². The van der Waals surface area contributed by atoms with Gasteiger partial charge in [-0.25, -0.2) is 12.8 Å². The zero-order valence-electron chi connectivity index (χ0n) is 16.3. The normalized spacial score (nSPS) is 12.5. The number of benzene rings is 2. The first-order valence-electron chi connectivity index (χ1n) is 8.87. The maximum Gasteiger partial charge on any atom is 0.243 e. The third-order valence-electron chi connectivity index (χ3n) is 3.94. The van der Waals surface area contributed by atoms with Gasteiger partial charge in [0.1, 0.15) is 17.6 Å². The first-order chi connectivity index (χ1) is 13.1. The van der Waals surface area contributed by atoms with Crippen LogP contribution in [0.2, 0.25) is 0 Å². The standard InChI is InChI=1S/C20H25FN2O4S/c1-14(2)27-17-11-9-16(10-12-17)13-22-20(24)15(3)23(28(4,25)26)19-8-6-5-7-18(19)21/h5-12,14-15H,13H2,1-4H3,(H,22,24). The first-order valence-corrected chi connectivity index (χ1v) is 10.7. The predicted octanol–water partition coefficient (Wildman–Crippen LogP) is 3.08. The van der Waals surface area contributed by atoms with Crippen LogP contribution in [0.15, 0.2) is 48.5 Å². The Kier molecular flexibility index (Phi) is 7.01. The Morgan fingerprint density at radius 2 is 1.71 bits per heavy atom. The summed E-state index contributed by atoms with van der Waals surface area (Å²) in [6.07, 6.45) is 1.00. The van der Waals surface area contributed by atoms with Crippen LogP contribution in [0.3, 0.4) is 0 Å². The van der Waals surface area contributed by atoms with Gasteiger partial charge >= 0.3 is 0 Å². The van der Waals surface area contributed by atoms with E-state index in [0.717, 1.165) is 27.9 Å². The third-order valence-corrected chi connectivity index (χ3v) is 5.17. The van der Waals surface area contributed by atoms with Crippen LogP contribution in [0, 0.1) is 5.82 Å². The number of anilines is 1. The number of nitrogens with one attached hydrogen (secondary N) is 1. The maximum absolute atomic E-state index is 14.1. The monoisotopic (exact) mass is 408 g/mol. The lowest BCUT2D eigenvalue weighted by Gasteiger charge is -2.28. The Labute approximate surface area is 165 Å². The van der Waals surface area contributed by atoms with Crippen LogP contribution in [0.1, 0.15) is 26.3 Å². The summed E-state index contributed by atoms with van der Waals surface area (Å²) in [7, 11) is -3.87. The molecule has 0 saturated carbocycles. The molecule has 0 radical (unpaired) electrons. The molecule has 1 N–H and O–H groups in total. The number of rotatable bonds is 8. The maximum atomic E-state index is 14.1. The highest BCUT2D eigenvalue weighted by molar-refractivity contribution is 7.92. The molecule has 0 aliphatic carbocycles. The molecular formula is C20H25FN2O4S. The number of sulfonamides is 1. The molecule has 0 aliphatic heterocycles. The number of hydrogen-bond donors (Lipinski definition) is 1. The summed E-state index contributed by atoms with van der Waals surface area (Å²) < 4.78 is 44.9. The van der Waals surface area contributed by atoms with Crippen molar-refractivity contribution in [3.05, 3.63) is 59.9 Å². The van der Waals surface area contributed by atoms with Crippen LogP contribution < -0.4 is 14.4 Å². The van der Waals surface area contributed by atoms with Crippen LogP contribution in [0.4, 0.5) is 10.1 Å². The van der Waals surface area contributed by atoms with Crippen molar-refractivity contribution < 1.29 is 22.3 Å². The van der Waals surface area contributed by atoms with E-state index in [1.165, 1.54) is 25.1 Å². The molecule has 0 aliphatic rings. The molecule has 28 heavy (non-hydrogen) atoms. The number of carbonyl (C=O) groups is 1.